The molecule has 0 aliphatic carbocycles. The summed E-state index contributed by atoms with van der Waals surface area (Å²) in [6.45, 7) is 4.55. The normalized spacial score (nSPS) is 9.50. The molecule has 0 bridgehead atoms. The lowest BCUT2D eigenvalue weighted by atomic mass is 10.1. The molecular formula is C11H25Cl. The van der Waals surface area contributed by atoms with Crippen molar-refractivity contribution in [2.75, 3.05) is 0 Å². The summed E-state index contributed by atoms with van der Waals surface area (Å²) in [6.07, 6.45) is 13.0. The van der Waals surface area contributed by atoms with Gasteiger partial charge in [0.05, 0.1) is 0 Å². The Morgan fingerprint density at radius 3 is 1.00 bits per heavy atom. The van der Waals surface area contributed by atoms with E-state index in [4.69, 9.17) is 0 Å². The van der Waals surface area contributed by atoms with Crippen LogP contribution in [0.1, 0.15) is 71.6 Å². The molecule has 0 radical (unpaired) electrons. The first-order valence-corrected chi connectivity index (χ1v) is 5.41. The molecule has 0 heterocycles. The van der Waals surface area contributed by atoms with Crippen LogP contribution in [0.5, 0.6) is 0 Å². The van der Waals surface area contributed by atoms with Crippen LogP contribution in [0, 0.1) is 0 Å². The lowest BCUT2D eigenvalue weighted by Crippen LogP contribution is -1.79. The molecule has 12 heavy (non-hydrogen) atoms. The predicted octanol–water partition coefficient (Wildman–Crippen LogP) is 4.96. The van der Waals surface area contributed by atoms with Crippen molar-refractivity contribution >= 4 is 12.4 Å². The minimum absolute atomic E-state index is 0. The molecule has 0 saturated carbocycles. The summed E-state index contributed by atoms with van der Waals surface area (Å²) in [5.41, 5.74) is 0. The highest BCUT2D eigenvalue weighted by Gasteiger charge is 1.88. The van der Waals surface area contributed by atoms with E-state index in [-0.39, 0.29) is 12.4 Å². The third-order valence-electron chi connectivity index (χ3n) is 2.21. The number of hydrogen-bond acceptors (Lipinski definition) is 0. The van der Waals surface area contributed by atoms with Gasteiger partial charge in [0, 0.05) is 0 Å². The fraction of sp³-hybridized carbons (Fsp3) is 1.00. The van der Waals surface area contributed by atoms with Crippen LogP contribution in [0.4, 0.5) is 0 Å². The van der Waals surface area contributed by atoms with Gasteiger partial charge in [0.1, 0.15) is 0 Å². The second-order valence-electron chi connectivity index (χ2n) is 3.47. The van der Waals surface area contributed by atoms with Crippen molar-refractivity contribution in [3.8, 4) is 0 Å². The van der Waals surface area contributed by atoms with E-state index >= 15 is 0 Å². The van der Waals surface area contributed by atoms with Gasteiger partial charge in [0.2, 0.25) is 0 Å². The number of rotatable bonds is 8. The largest absolute Gasteiger partial charge is 0.147 e. The van der Waals surface area contributed by atoms with Gasteiger partial charge in [-0.05, 0) is 0 Å². The van der Waals surface area contributed by atoms with Crippen molar-refractivity contribution in [1.29, 1.82) is 0 Å². The summed E-state index contributed by atoms with van der Waals surface area (Å²) in [5, 5.41) is 0. The van der Waals surface area contributed by atoms with Gasteiger partial charge in [-0.2, -0.15) is 0 Å². The molecule has 0 atom stereocenters. The Morgan fingerprint density at radius 2 is 0.750 bits per heavy atom. The molecule has 0 fully saturated rings. The second-order valence-corrected chi connectivity index (χ2v) is 3.47. The van der Waals surface area contributed by atoms with Gasteiger partial charge in [0.15, 0.2) is 0 Å². The Morgan fingerprint density at radius 1 is 0.500 bits per heavy atom. The monoisotopic (exact) mass is 192 g/mol. The zero-order valence-corrected chi connectivity index (χ0v) is 9.59. The molecule has 0 nitrogen and oxygen atoms in total. The quantitative estimate of drug-likeness (QED) is 0.477. The highest BCUT2D eigenvalue weighted by molar-refractivity contribution is 5.85. The average molecular weight is 193 g/mol. The molecule has 76 valence electrons. The zero-order chi connectivity index (χ0) is 8.36. The maximum Gasteiger partial charge on any atom is -0.0533 e. The number of hydrogen-bond donors (Lipinski definition) is 0. The Bertz CT molecular complexity index is 54.0. The SMILES string of the molecule is CCCCCCCCCCC.Cl. The van der Waals surface area contributed by atoms with Crippen molar-refractivity contribution in [2.45, 2.75) is 71.6 Å². The minimum Gasteiger partial charge on any atom is -0.147 e. The Labute approximate surface area is 84.5 Å². The molecule has 1 heteroatoms. The molecule has 0 aromatic carbocycles. The summed E-state index contributed by atoms with van der Waals surface area (Å²) >= 11 is 0. The summed E-state index contributed by atoms with van der Waals surface area (Å²) < 4.78 is 0. The summed E-state index contributed by atoms with van der Waals surface area (Å²) in [4.78, 5) is 0. The van der Waals surface area contributed by atoms with E-state index in [1.165, 1.54) is 57.8 Å². The van der Waals surface area contributed by atoms with Gasteiger partial charge in [0.25, 0.3) is 0 Å². The van der Waals surface area contributed by atoms with E-state index < -0.39 is 0 Å². The van der Waals surface area contributed by atoms with Gasteiger partial charge in [-0.3, -0.25) is 0 Å². The standard InChI is InChI=1S/C11H24.ClH/c1-3-5-7-9-11-10-8-6-4-2;/h3-11H2,1-2H3;1H. The molecule has 0 aromatic rings. The maximum absolute atomic E-state index is 2.27. The fourth-order valence-corrected chi connectivity index (χ4v) is 1.38. The first-order valence-electron chi connectivity index (χ1n) is 5.41. The molecule has 0 unspecified atom stereocenters. The van der Waals surface area contributed by atoms with Crippen molar-refractivity contribution in [3.63, 3.8) is 0 Å². The molecule has 0 aliphatic heterocycles. The van der Waals surface area contributed by atoms with Crippen LogP contribution in [0.25, 0.3) is 0 Å². The van der Waals surface area contributed by atoms with E-state index in [1.807, 2.05) is 0 Å². The summed E-state index contributed by atoms with van der Waals surface area (Å²) in [5.74, 6) is 0. The smallest absolute Gasteiger partial charge is 0.0533 e. The van der Waals surface area contributed by atoms with E-state index in [2.05, 4.69) is 13.8 Å². The Balaban J connectivity index is 0. The molecule has 0 spiro atoms. The van der Waals surface area contributed by atoms with Crippen molar-refractivity contribution in [3.05, 3.63) is 0 Å². The molecule has 0 N–H and O–H groups in total. The first kappa shape index (κ1) is 14.8. The van der Waals surface area contributed by atoms with Crippen molar-refractivity contribution < 1.29 is 0 Å². The van der Waals surface area contributed by atoms with Crippen LogP contribution < -0.4 is 0 Å². The highest BCUT2D eigenvalue weighted by atomic mass is 35.5. The molecule has 0 amide bonds. The Kier molecular flexibility index (Phi) is 17.1. The van der Waals surface area contributed by atoms with E-state index in [0.717, 1.165) is 0 Å². The van der Waals surface area contributed by atoms with Crippen LogP contribution >= 0.6 is 12.4 Å². The third kappa shape index (κ3) is 12.9. The number of unbranched alkanes of at least 4 members (excludes halogenated alkanes) is 8. The molecule has 0 saturated heterocycles. The molecule has 0 aliphatic rings. The van der Waals surface area contributed by atoms with Crippen LogP contribution in [-0.2, 0) is 0 Å². The summed E-state index contributed by atoms with van der Waals surface area (Å²) in [7, 11) is 0. The lowest BCUT2D eigenvalue weighted by molar-refractivity contribution is 0.572. The molecule has 0 rings (SSSR count). The van der Waals surface area contributed by atoms with Gasteiger partial charge >= 0.3 is 0 Å². The predicted molar refractivity (Wildman–Crippen MR) is 60.1 cm³/mol. The van der Waals surface area contributed by atoms with Gasteiger partial charge in [-0.1, -0.05) is 71.6 Å². The second kappa shape index (κ2) is 13.9. The van der Waals surface area contributed by atoms with E-state index in [9.17, 15) is 0 Å². The lowest BCUT2D eigenvalue weighted by Gasteiger charge is -1.98. The van der Waals surface area contributed by atoms with Gasteiger partial charge in [-0.25, -0.2) is 0 Å². The number of halogens is 1. The maximum atomic E-state index is 2.27. The van der Waals surface area contributed by atoms with E-state index in [1.54, 1.807) is 0 Å². The van der Waals surface area contributed by atoms with Crippen molar-refractivity contribution in [2.24, 2.45) is 0 Å². The van der Waals surface area contributed by atoms with Crippen molar-refractivity contribution in [1.82, 2.24) is 0 Å². The molecule has 0 aromatic heterocycles. The van der Waals surface area contributed by atoms with Crippen LogP contribution in [0.15, 0.2) is 0 Å². The highest BCUT2D eigenvalue weighted by Crippen LogP contribution is 2.08. The first-order chi connectivity index (χ1) is 5.41. The van der Waals surface area contributed by atoms with Gasteiger partial charge in [-0.15, -0.1) is 12.4 Å². The zero-order valence-electron chi connectivity index (χ0n) is 8.77. The fourth-order valence-electron chi connectivity index (χ4n) is 1.38. The van der Waals surface area contributed by atoms with E-state index in [0.29, 0.717) is 0 Å². The summed E-state index contributed by atoms with van der Waals surface area (Å²) in [6, 6.07) is 0. The van der Waals surface area contributed by atoms with Gasteiger partial charge < -0.3 is 0 Å². The van der Waals surface area contributed by atoms with Crippen LogP contribution in [0.3, 0.4) is 0 Å². The van der Waals surface area contributed by atoms with Crippen LogP contribution in [-0.4, -0.2) is 0 Å². The molecular weight excluding hydrogens is 168 g/mol. The average Bonchev–Trinajstić information content (AvgIpc) is 2.03. The topological polar surface area (TPSA) is 0 Å². The third-order valence-corrected chi connectivity index (χ3v) is 2.21. The Hall–Kier alpha value is 0.290. The minimum atomic E-state index is 0. The van der Waals surface area contributed by atoms with Crippen LogP contribution in [0.2, 0.25) is 0 Å².